The summed E-state index contributed by atoms with van der Waals surface area (Å²) in [6.45, 7) is 0.473. The van der Waals surface area contributed by atoms with Gasteiger partial charge in [-0.3, -0.25) is 14.9 Å². The number of benzene rings is 2. The zero-order valence-electron chi connectivity index (χ0n) is 14.9. The number of nitrogens with two attached hydrogens (primary N) is 1. The normalized spacial score (nSPS) is 11.3. The van der Waals surface area contributed by atoms with Crippen LogP contribution in [-0.4, -0.2) is 29.8 Å². The largest absolute Gasteiger partial charge is 0.378 e. The molecule has 6 nitrogen and oxygen atoms in total. The second-order valence-corrected chi connectivity index (χ2v) is 7.06. The summed E-state index contributed by atoms with van der Waals surface area (Å²) in [6.07, 6.45) is 2.99. The summed E-state index contributed by atoms with van der Waals surface area (Å²) in [6, 6.07) is 11.4. The number of fused-ring (bicyclic) bond motifs is 1. The molecule has 2 aromatic carbocycles. The molecule has 1 amide bonds. The summed E-state index contributed by atoms with van der Waals surface area (Å²) in [5.74, 6) is 4.73. The fraction of sp³-hybridized carbons (Fsp3) is 0.158. The van der Waals surface area contributed by atoms with E-state index in [2.05, 4.69) is 10.5 Å². The molecule has 0 radical (unpaired) electrons. The lowest BCUT2D eigenvalue weighted by Crippen LogP contribution is -2.27. The number of anilines is 1. The minimum Gasteiger partial charge on any atom is -0.378 e. The summed E-state index contributed by atoms with van der Waals surface area (Å²) in [7, 11) is 3.95. The van der Waals surface area contributed by atoms with E-state index in [4.69, 9.17) is 29.0 Å². The molecule has 0 atom stereocenters. The molecule has 140 valence electrons. The molecule has 27 heavy (non-hydrogen) atoms. The van der Waals surface area contributed by atoms with Gasteiger partial charge in [0.2, 0.25) is 0 Å². The molecule has 3 aromatic rings. The first-order valence-electron chi connectivity index (χ1n) is 8.19. The SMILES string of the molecule is CN(C)c1ccc2c(/C=C/C(=O)NN)nn(Cc3ccc(Cl)cc3Cl)c2c1. The quantitative estimate of drug-likeness (QED) is 0.296. The Bertz CT molecular complexity index is 1030. The van der Waals surface area contributed by atoms with Gasteiger partial charge in [-0.2, -0.15) is 5.10 Å². The van der Waals surface area contributed by atoms with Gasteiger partial charge in [0.25, 0.3) is 5.91 Å². The van der Waals surface area contributed by atoms with Crippen LogP contribution in [0.15, 0.2) is 42.5 Å². The van der Waals surface area contributed by atoms with Crippen molar-refractivity contribution in [3.63, 3.8) is 0 Å². The summed E-state index contributed by atoms with van der Waals surface area (Å²) in [5, 5.41) is 6.74. The number of amides is 1. The monoisotopic (exact) mass is 403 g/mol. The van der Waals surface area contributed by atoms with Gasteiger partial charge in [-0.25, -0.2) is 5.84 Å². The van der Waals surface area contributed by atoms with Crippen molar-refractivity contribution in [2.24, 2.45) is 5.84 Å². The van der Waals surface area contributed by atoms with Crippen LogP contribution in [0.2, 0.25) is 10.0 Å². The van der Waals surface area contributed by atoms with Crippen LogP contribution < -0.4 is 16.2 Å². The Balaban J connectivity index is 2.10. The Labute approximate surface area is 167 Å². The van der Waals surface area contributed by atoms with E-state index in [-0.39, 0.29) is 0 Å². The van der Waals surface area contributed by atoms with Gasteiger partial charge in [-0.1, -0.05) is 29.3 Å². The number of halogens is 2. The van der Waals surface area contributed by atoms with E-state index in [9.17, 15) is 4.79 Å². The van der Waals surface area contributed by atoms with E-state index in [0.717, 1.165) is 22.2 Å². The van der Waals surface area contributed by atoms with Crippen LogP contribution in [0.3, 0.4) is 0 Å². The van der Waals surface area contributed by atoms with Crippen LogP contribution in [0, 0.1) is 0 Å². The highest BCUT2D eigenvalue weighted by molar-refractivity contribution is 6.35. The van der Waals surface area contributed by atoms with Gasteiger partial charge in [-0.15, -0.1) is 0 Å². The van der Waals surface area contributed by atoms with E-state index in [0.29, 0.717) is 22.3 Å². The van der Waals surface area contributed by atoms with Crippen molar-refractivity contribution < 1.29 is 4.79 Å². The van der Waals surface area contributed by atoms with E-state index in [1.54, 1.807) is 18.2 Å². The molecule has 0 bridgehead atoms. The standard InChI is InChI=1S/C19H19Cl2N5O/c1-25(2)14-5-6-15-17(7-8-19(27)23-22)24-26(18(15)10-14)11-12-3-4-13(20)9-16(12)21/h3-10H,11,22H2,1-2H3,(H,23,27)/b8-7+. The lowest BCUT2D eigenvalue weighted by Gasteiger charge is -2.13. The predicted molar refractivity (Wildman–Crippen MR) is 111 cm³/mol. The fourth-order valence-electron chi connectivity index (χ4n) is 2.72. The van der Waals surface area contributed by atoms with Crippen molar-refractivity contribution in [2.75, 3.05) is 19.0 Å². The summed E-state index contributed by atoms with van der Waals surface area (Å²) < 4.78 is 1.86. The van der Waals surface area contributed by atoms with Crippen molar-refractivity contribution >= 4 is 51.8 Å². The van der Waals surface area contributed by atoms with Crippen molar-refractivity contribution in [2.45, 2.75) is 6.54 Å². The predicted octanol–water partition coefficient (Wildman–Crippen LogP) is 3.46. The molecule has 0 aliphatic carbocycles. The van der Waals surface area contributed by atoms with E-state index in [1.165, 1.54) is 6.08 Å². The number of aromatic nitrogens is 2. The molecule has 3 N–H and O–H groups in total. The van der Waals surface area contributed by atoms with Gasteiger partial charge in [0, 0.05) is 41.3 Å². The van der Waals surface area contributed by atoms with Crippen LogP contribution in [-0.2, 0) is 11.3 Å². The van der Waals surface area contributed by atoms with Gasteiger partial charge < -0.3 is 4.90 Å². The molecule has 1 aromatic heterocycles. The maximum Gasteiger partial charge on any atom is 0.257 e. The number of hydrogen-bond acceptors (Lipinski definition) is 4. The third-order valence-electron chi connectivity index (χ3n) is 4.15. The Morgan fingerprint density at radius 2 is 2.04 bits per heavy atom. The van der Waals surface area contributed by atoms with Gasteiger partial charge in [0.15, 0.2) is 0 Å². The topological polar surface area (TPSA) is 76.2 Å². The third kappa shape index (κ3) is 4.24. The fourth-order valence-corrected chi connectivity index (χ4v) is 3.19. The molecule has 0 spiro atoms. The van der Waals surface area contributed by atoms with Crippen molar-refractivity contribution in [1.82, 2.24) is 15.2 Å². The number of hydrazine groups is 1. The Morgan fingerprint density at radius 1 is 1.26 bits per heavy atom. The van der Waals surface area contributed by atoms with E-state index >= 15 is 0 Å². The second-order valence-electron chi connectivity index (χ2n) is 6.22. The number of carbonyl (C=O) groups is 1. The van der Waals surface area contributed by atoms with Gasteiger partial charge >= 0.3 is 0 Å². The number of hydrogen-bond donors (Lipinski definition) is 2. The second kappa shape index (κ2) is 8.00. The van der Waals surface area contributed by atoms with E-state index in [1.807, 2.05) is 47.9 Å². The Kier molecular flexibility index (Phi) is 5.70. The lowest BCUT2D eigenvalue weighted by molar-refractivity contribution is -0.116. The van der Waals surface area contributed by atoms with Gasteiger partial charge in [0.1, 0.15) is 0 Å². The maximum atomic E-state index is 11.4. The minimum absolute atomic E-state index is 0.400. The highest BCUT2D eigenvalue weighted by atomic mass is 35.5. The molecule has 8 heteroatoms. The molecule has 3 rings (SSSR count). The Morgan fingerprint density at radius 3 is 2.70 bits per heavy atom. The molecule has 0 fully saturated rings. The average molecular weight is 404 g/mol. The van der Waals surface area contributed by atoms with Crippen molar-refractivity contribution in [3.05, 3.63) is 63.8 Å². The number of carbonyl (C=O) groups excluding carboxylic acids is 1. The number of nitrogens with one attached hydrogen (secondary N) is 1. The van der Waals surface area contributed by atoms with Crippen molar-refractivity contribution in [3.8, 4) is 0 Å². The van der Waals surface area contributed by atoms with E-state index < -0.39 is 5.91 Å². The third-order valence-corrected chi connectivity index (χ3v) is 4.74. The molecule has 0 unspecified atom stereocenters. The number of rotatable bonds is 5. The highest BCUT2D eigenvalue weighted by Crippen LogP contribution is 2.27. The van der Waals surface area contributed by atoms with Crippen LogP contribution in [0.5, 0.6) is 0 Å². The van der Waals surface area contributed by atoms with Crippen LogP contribution in [0.1, 0.15) is 11.3 Å². The van der Waals surface area contributed by atoms with Gasteiger partial charge in [0.05, 0.1) is 17.8 Å². The molecular weight excluding hydrogens is 385 g/mol. The number of nitrogens with zero attached hydrogens (tertiary/aromatic N) is 3. The first-order valence-corrected chi connectivity index (χ1v) is 8.95. The summed E-state index contributed by atoms with van der Waals surface area (Å²) in [4.78, 5) is 13.5. The lowest BCUT2D eigenvalue weighted by atomic mass is 10.1. The molecular formula is C19H19Cl2N5O. The molecule has 0 saturated heterocycles. The van der Waals surface area contributed by atoms with Gasteiger partial charge in [-0.05, 0) is 42.0 Å². The summed E-state index contributed by atoms with van der Waals surface area (Å²) >= 11 is 12.3. The minimum atomic E-state index is -0.400. The molecule has 0 aliphatic rings. The first kappa shape index (κ1) is 19.2. The zero-order chi connectivity index (χ0) is 19.6. The summed E-state index contributed by atoms with van der Waals surface area (Å²) in [5.41, 5.74) is 5.61. The zero-order valence-corrected chi connectivity index (χ0v) is 16.4. The average Bonchev–Trinajstić information content (AvgIpc) is 2.99. The molecule has 0 saturated carbocycles. The molecule has 1 heterocycles. The molecule has 0 aliphatic heterocycles. The smallest absolute Gasteiger partial charge is 0.257 e. The maximum absolute atomic E-state index is 11.4. The highest BCUT2D eigenvalue weighted by Gasteiger charge is 2.12. The van der Waals surface area contributed by atoms with Crippen LogP contribution in [0.4, 0.5) is 5.69 Å². The van der Waals surface area contributed by atoms with Crippen molar-refractivity contribution in [1.29, 1.82) is 0 Å². The first-order chi connectivity index (χ1) is 12.9. The van der Waals surface area contributed by atoms with Crippen LogP contribution >= 0.6 is 23.2 Å². The Hall–Kier alpha value is -2.54. The van der Waals surface area contributed by atoms with Crippen LogP contribution in [0.25, 0.3) is 17.0 Å².